The number of esters is 1. The molecule has 0 rings (SSSR count). The molecule has 0 aliphatic heterocycles. The summed E-state index contributed by atoms with van der Waals surface area (Å²) in [6.07, 6.45) is 0.625. The molecule has 0 saturated heterocycles. The Morgan fingerprint density at radius 1 is 1.36 bits per heavy atom. The Kier molecular flexibility index (Phi) is 10.7. The molecule has 0 aromatic heterocycles. The van der Waals surface area contributed by atoms with Crippen LogP contribution >= 0.6 is 6.64 Å². The van der Waals surface area contributed by atoms with Crippen LogP contribution in [-0.2, 0) is 35.1 Å². The van der Waals surface area contributed by atoms with E-state index in [0.717, 1.165) is 0 Å². The smallest absolute Gasteiger partial charge is 0.305 e. The largest absolute Gasteiger partial charge is 0.469 e. The average molecular weight is 355 g/mol. The molecule has 1 N–H and O–H groups in total. The van der Waals surface area contributed by atoms with E-state index in [1.54, 1.807) is 0 Å². The van der Waals surface area contributed by atoms with Crippen LogP contribution in [0.3, 0.4) is 0 Å². The Balaban J connectivity index is 4.56. The van der Waals surface area contributed by atoms with Crippen molar-refractivity contribution in [3.8, 4) is 0 Å². The summed E-state index contributed by atoms with van der Waals surface area (Å²) >= 11 is 5.57. The zero-order valence-corrected chi connectivity index (χ0v) is 16.2. The highest BCUT2D eigenvalue weighted by Gasteiger charge is 2.28. The van der Waals surface area contributed by atoms with Gasteiger partial charge < -0.3 is 18.5 Å². The lowest BCUT2D eigenvalue weighted by Gasteiger charge is -2.32. The van der Waals surface area contributed by atoms with Gasteiger partial charge in [0.1, 0.15) is 0 Å². The van der Waals surface area contributed by atoms with E-state index in [-0.39, 0.29) is 12.1 Å². The third-order valence-corrected chi connectivity index (χ3v) is 5.36. The highest BCUT2D eigenvalue weighted by atomic mass is 32.5. The molecule has 0 amide bonds. The van der Waals surface area contributed by atoms with Gasteiger partial charge in [0, 0.05) is 19.6 Å². The van der Waals surface area contributed by atoms with E-state index in [9.17, 15) is 4.79 Å². The van der Waals surface area contributed by atoms with Crippen LogP contribution in [0, 0.1) is 0 Å². The predicted octanol–water partition coefficient (Wildman–Crippen LogP) is 3.01. The molecule has 2 atom stereocenters. The summed E-state index contributed by atoms with van der Waals surface area (Å²) in [5.74, 6) is -0.259. The lowest BCUT2D eigenvalue weighted by molar-refractivity contribution is -0.141. The van der Waals surface area contributed by atoms with Crippen molar-refractivity contribution in [3.05, 3.63) is 0 Å². The molecule has 0 saturated carbocycles. The number of hydrogen-bond acceptors (Lipinski definition) is 6. The van der Waals surface area contributed by atoms with Gasteiger partial charge in [0.15, 0.2) is 0 Å². The molecule has 0 fully saturated rings. The molecule has 0 aliphatic rings. The first-order valence-electron chi connectivity index (χ1n) is 7.50. The molecule has 22 heavy (non-hydrogen) atoms. The van der Waals surface area contributed by atoms with Gasteiger partial charge in [-0.05, 0) is 52.8 Å². The molecular formula is C14H30NO5PS. The average Bonchev–Trinajstić information content (AvgIpc) is 2.38. The quantitative estimate of drug-likeness (QED) is 0.347. The Labute approximate surface area is 139 Å². The standard InChI is InChI=1S/C14H30NO5PS/c1-7-18-11-10-15-21(22,20-14(3,4)5)19-12(2)8-9-13(16)17-6/h12H,7-11H2,1-6H3,(H,15,22). The molecule has 2 unspecified atom stereocenters. The summed E-state index contributed by atoms with van der Waals surface area (Å²) in [7, 11) is 1.37. The summed E-state index contributed by atoms with van der Waals surface area (Å²) in [5.41, 5.74) is -0.420. The Bertz CT molecular complexity index is 373. The van der Waals surface area contributed by atoms with Crippen LogP contribution in [0.5, 0.6) is 0 Å². The van der Waals surface area contributed by atoms with Gasteiger partial charge in [0.2, 0.25) is 0 Å². The summed E-state index contributed by atoms with van der Waals surface area (Å²) in [6.45, 7) is 8.71. The predicted molar refractivity (Wildman–Crippen MR) is 91.4 cm³/mol. The summed E-state index contributed by atoms with van der Waals surface area (Å²) in [5, 5.41) is 3.16. The fraction of sp³-hybridized carbons (Fsp3) is 0.929. The first-order chi connectivity index (χ1) is 10.1. The molecule has 0 spiro atoms. The van der Waals surface area contributed by atoms with Crippen molar-refractivity contribution >= 4 is 24.4 Å². The lowest BCUT2D eigenvalue weighted by atomic mass is 10.2. The van der Waals surface area contributed by atoms with E-state index < -0.39 is 12.2 Å². The summed E-state index contributed by atoms with van der Waals surface area (Å²) in [4.78, 5) is 11.2. The Morgan fingerprint density at radius 2 is 2.00 bits per heavy atom. The minimum atomic E-state index is -2.65. The van der Waals surface area contributed by atoms with Crippen molar-refractivity contribution in [3.63, 3.8) is 0 Å². The van der Waals surface area contributed by atoms with Gasteiger partial charge in [-0.15, -0.1) is 0 Å². The van der Waals surface area contributed by atoms with Gasteiger partial charge in [0.25, 0.3) is 6.64 Å². The molecule has 0 bridgehead atoms. The number of carbonyl (C=O) groups is 1. The van der Waals surface area contributed by atoms with Gasteiger partial charge in [-0.25, -0.2) is 5.09 Å². The van der Waals surface area contributed by atoms with Crippen LogP contribution in [-0.4, -0.2) is 44.5 Å². The number of nitrogens with one attached hydrogen (secondary N) is 1. The maximum atomic E-state index is 11.2. The van der Waals surface area contributed by atoms with E-state index in [1.807, 2.05) is 34.6 Å². The number of carbonyl (C=O) groups excluding carboxylic acids is 1. The first-order valence-corrected chi connectivity index (χ1v) is 10.1. The third kappa shape index (κ3) is 11.5. The Morgan fingerprint density at radius 3 is 2.50 bits per heavy atom. The maximum absolute atomic E-state index is 11.2. The molecule has 132 valence electrons. The fourth-order valence-corrected chi connectivity index (χ4v) is 4.80. The van der Waals surface area contributed by atoms with E-state index in [0.29, 0.717) is 32.6 Å². The highest BCUT2D eigenvalue weighted by Crippen LogP contribution is 2.49. The second-order valence-corrected chi connectivity index (χ2v) is 8.98. The van der Waals surface area contributed by atoms with Crippen LogP contribution in [0.1, 0.15) is 47.5 Å². The molecule has 0 aromatic rings. The minimum absolute atomic E-state index is 0.202. The molecule has 6 nitrogen and oxygen atoms in total. The van der Waals surface area contributed by atoms with Crippen molar-refractivity contribution in [1.29, 1.82) is 0 Å². The van der Waals surface area contributed by atoms with Crippen molar-refractivity contribution in [2.24, 2.45) is 0 Å². The number of hydrogen-bond donors (Lipinski definition) is 1. The van der Waals surface area contributed by atoms with Crippen LogP contribution in [0.15, 0.2) is 0 Å². The van der Waals surface area contributed by atoms with Crippen molar-refractivity contribution in [2.75, 3.05) is 26.9 Å². The molecule has 0 aliphatic carbocycles. The molecule has 0 aromatic carbocycles. The lowest BCUT2D eigenvalue weighted by Crippen LogP contribution is -2.28. The van der Waals surface area contributed by atoms with Crippen LogP contribution < -0.4 is 5.09 Å². The highest BCUT2D eigenvalue weighted by molar-refractivity contribution is 8.09. The van der Waals surface area contributed by atoms with Gasteiger partial charge in [-0.2, -0.15) is 0 Å². The first kappa shape index (κ1) is 22.0. The topological polar surface area (TPSA) is 66.0 Å². The van der Waals surface area contributed by atoms with Gasteiger partial charge in [0.05, 0.1) is 25.4 Å². The van der Waals surface area contributed by atoms with Gasteiger partial charge in [-0.1, -0.05) is 0 Å². The molecule has 8 heteroatoms. The second kappa shape index (κ2) is 10.7. The number of ether oxygens (including phenoxy) is 2. The number of methoxy groups -OCH3 is 1. The van der Waals surface area contributed by atoms with E-state index in [1.165, 1.54) is 7.11 Å². The van der Waals surface area contributed by atoms with Crippen molar-refractivity contribution < 1.29 is 23.3 Å². The zero-order chi connectivity index (χ0) is 17.2. The molecule has 0 heterocycles. The SMILES string of the molecule is CCOCCNP(=S)(OC(C)CCC(=O)OC)OC(C)(C)C. The fourth-order valence-electron chi connectivity index (χ4n) is 1.56. The maximum Gasteiger partial charge on any atom is 0.305 e. The van der Waals surface area contributed by atoms with Crippen LogP contribution in [0.4, 0.5) is 0 Å². The van der Waals surface area contributed by atoms with Crippen molar-refractivity contribution in [2.45, 2.75) is 59.2 Å². The van der Waals surface area contributed by atoms with Gasteiger partial charge in [-0.3, -0.25) is 4.79 Å². The summed E-state index contributed by atoms with van der Waals surface area (Å²) < 4.78 is 21.8. The Hall–Kier alpha value is -0.0400. The summed E-state index contributed by atoms with van der Waals surface area (Å²) in [6, 6.07) is 0. The monoisotopic (exact) mass is 355 g/mol. The minimum Gasteiger partial charge on any atom is -0.469 e. The van der Waals surface area contributed by atoms with E-state index in [2.05, 4.69) is 9.82 Å². The third-order valence-electron chi connectivity index (χ3n) is 2.45. The molecular weight excluding hydrogens is 325 g/mol. The molecule has 0 radical (unpaired) electrons. The number of rotatable bonds is 11. The van der Waals surface area contributed by atoms with Gasteiger partial charge >= 0.3 is 5.97 Å². The van der Waals surface area contributed by atoms with E-state index >= 15 is 0 Å². The van der Waals surface area contributed by atoms with Crippen LogP contribution in [0.2, 0.25) is 0 Å². The van der Waals surface area contributed by atoms with Crippen LogP contribution in [0.25, 0.3) is 0 Å². The van der Waals surface area contributed by atoms with Crippen molar-refractivity contribution in [1.82, 2.24) is 5.09 Å². The van der Waals surface area contributed by atoms with E-state index in [4.69, 9.17) is 25.6 Å². The second-order valence-electron chi connectivity index (χ2n) is 5.84. The zero-order valence-electron chi connectivity index (χ0n) is 14.5. The normalized spacial score (nSPS) is 16.1.